The summed E-state index contributed by atoms with van der Waals surface area (Å²) in [4.78, 5) is 15.2. The van der Waals surface area contributed by atoms with Crippen molar-refractivity contribution in [1.82, 2.24) is 15.0 Å². The van der Waals surface area contributed by atoms with E-state index in [0.717, 1.165) is 82.5 Å². The first kappa shape index (κ1) is 28.7. The van der Waals surface area contributed by atoms with E-state index >= 15 is 0 Å². The molecule has 0 N–H and O–H groups in total. The molecule has 5 nitrogen and oxygen atoms in total. The molecule has 52 heavy (non-hydrogen) atoms. The molecule has 0 amide bonds. The summed E-state index contributed by atoms with van der Waals surface area (Å²) in [5.74, 6) is 1.83. The topological polar surface area (TPSA) is 65.0 Å². The average Bonchev–Trinajstić information content (AvgIpc) is 3.78. The van der Waals surface area contributed by atoms with Crippen molar-refractivity contribution < 1.29 is 8.83 Å². The Morgan fingerprint density at radius 3 is 1.85 bits per heavy atom. The van der Waals surface area contributed by atoms with Crippen molar-refractivity contribution in [3.63, 3.8) is 0 Å². The Balaban J connectivity index is 1.10. The Hall–Kier alpha value is -7.11. The van der Waals surface area contributed by atoms with Crippen molar-refractivity contribution in [3.8, 4) is 45.3 Å². The number of nitrogens with zero attached hydrogens (tertiary/aromatic N) is 3. The minimum absolute atomic E-state index is 0.593. The van der Waals surface area contributed by atoms with Crippen molar-refractivity contribution in [2.24, 2.45) is 0 Å². The predicted octanol–water partition coefficient (Wildman–Crippen LogP) is 12.6. The molecule has 11 aromatic rings. The predicted molar refractivity (Wildman–Crippen MR) is 211 cm³/mol. The van der Waals surface area contributed by atoms with Crippen LogP contribution in [0, 0.1) is 0 Å². The Kier molecular flexibility index (Phi) is 6.18. The van der Waals surface area contributed by atoms with Gasteiger partial charge in [0.15, 0.2) is 17.5 Å². The van der Waals surface area contributed by atoms with Crippen molar-refractivity contribution >= 4 is 65.4 Å². The fraction of sp³-hybridized carbons (Fsp3) is 0. The van der Waals surface area contributed by atoms with Crippen LogP contribution < -0.4 is 0 Å². The van der Waals surface area contributed by atoms with E-state index in [-0.39, 0.29) is 0 Å². The van der Waals surface area contributed by atoms with E-state index in [4.69, 9.17) is 23.8 Å². The van der Waals surface area contributed by atoms with Gasteiger partial charge in [0, 0.05) is 38.2 Å². The fourth-order valence-electron chi connectivity index (χ4n) is 7.68. The van der Waals surface area contributed by atoms with Crippen molar-refractivity contribution in [3.05, 3.63) is 164 Å². The lowest BCUT2D eigenvalue weighted by atomic mass is 9.94. The van der Waals surface area contributed by atoms with Crippen molar-refractivity contribution in [1.29, 1.82) is 0 Å². The molecule has 0 saturated carbocycles. The van der Waals surface area contributed by atoms with Gasteiger partial charge in [0.1, 0.15) is 22.3 Å². The summed E-state index contributed by atoms with van der Waals surface area (Å²) in [6.07, 6.45) is 0. The van der Waals surface area contributed by atoms with Crippen LogP contribution in [0.1, 0.15) is 0 Å². The Bertz CT molecular complexity index is 3190. The van der Waals surface area contributed by atoms with Crippen LogP contribution in [-0.4, -0.2) is 15.0 Å². The number of furan rings is 2. The molecule has 242 valence electrons. The van der Waals surface area contributed by atoms with Crippen LogP contribution in [-0.2, 0) is 0 Å². The molecule has 3 heterocycles. The third-order valence-corrected chi connectivity index (χ3v) is 10.1. The van der Waals surface area contributed by atoms with Gasteiger partial charge in [-0.05, 0) is 69.1 Å². The SMILES string of the molecule is c1ccc(-c2nc(-c3ccc4ccccc4c3)nc(-c3cccc4oc5cc(-c6cc7oc8ccccc8c7c7ccccc67)ccc5c34)n2)cc1. The lowest BCUT2D eigenvalue weighted by Gasteiger charge is -2.10. The van der Waals surface area contributed by atoms with Gasteiger partial charge >= 0.3 is 0 Å². The van der Waals surface area contributed by atoms with Crippen LogP contribution in [0.4, 0.5) is 0 Å². The van der Waals surface area contributed by atoms with Gasteiger partial charge in [-0.2, -0.15) is 0 Å². The van der Waals surface area contributed by atoms with Gasteiger partial charge in [0.2, 0.25) is 0 Å². The maximum Gasteiger partial charge on any atom is 0.164 e. The maximum atomic E-state index is 6.61. The molecular weight excluding hydrogens is 639 g/mol. The van der Waals surface area contributed by atoms with Gasteiger partial charge in [-0.3, -0.25) is 0 Å². The molecule has 0 bridgehead atoms. The third-order valence-electron chi connectivity index (χ3n) is 10.1. The minimum atomic E-state index is 0.593. The van der Waals surface area contributed by atoms with Crippen LogP contribution in [0.5, 0.6) is 0 Å². The van der Waals surface area contributed by atoms with Gasteiger partial charge < -0.3 is 8.83 Å². The van der Waals surface area contributed by atoms with Crippen molar-refractivity contribution in [2.45, 2.75) is 0 Å². The second kappa shape index (κ2) is 11.2. The van der Waals surface area contributed by atoms with Crippen LogP contribution in [0.2, 0.25) is 0 Å². The highest BCUT2D eigenvalue weighted by Crippen LogP contribution is 2.42. The Morgan fingerprint density at radius 1 is 0.308 bits per heavy atom. The molecular formula is C47H27N3O2. The molecule has 0 aliphatic rings. The van der Waals surface area contributed by atoms with Crippen molar-refractivity contribution in [2.75, 3.05) is 0 Å². The summed E-state index contributed by atoms with van der Waals surface area (Å²) in [7, 11) is 0. The molecule has 5 heteroatoms. The summed E-state index contributed by atoms with van der Waals surface area (Å²) in [6.45, 7) is 0. The summed E-state index contributed by atoms with van der Waals surface area (Å²) in [5.41, 5.74) is 8.21. The molecule has 3 aromatic heterocycles. The zero-order valence-electron chi connectivity index (χ0n) is 27.7. The van der Waals surface area contributed by atoms with Gasteiger partial charge in [0.05, 0.1) is 0 Å². The molecule has 0 aliphatic carbocycles. The number of fused-ring (bicyclic) bond motifs is 9. The molecule has 8 aromatic carbocycles. The highest BCUT2D eigenvalue weighted by atomic mass is 16.3. The van der Waals surface area contributed by atoms with Gasteiger partial charge in [0.25, 0.3) is 0 Å². The van der Waals surface area contributed by atoms with Crippen LogP contribution in [0.3, 0.4) is 0 Å². The number of rotatable bonds is 4. The van der Waals surface area contributed by atoms with Crippen LogP contribution in [0.25, 0.3) is 111 Å². The number of benzene rings is 8. The lowest BCUT2D eigenvalue weighted by Crippen LogP contribution is -2.00. The van der Waals surface area contributed by atoms with E-state index in [1.165, 1.54) is 10.8 Å². The number of hydrogen-bond acceptors (Lipinski definition) is 5. The summed E-state index contributed by atoms with van der Waals surface area (Å²) in [5, 5.41) is 8.86. The number of para-hydroxylation sites is 1. The maximum absolute atomic E-state index is 6.61. The molecule has 0 fully saturated rings. The average molecular weight is 666 g/mol. The first-order valence-electron chi connectivity index (χ1n) is 17.3. The molecule has 0 radical (unpaired) electrons. The molecule has 11 rings (SSSR count). The zero-order chi connectivity index (χ0) is 34.2. The molecule has 0 aliphatic heterocycles. The molecule has 0 spiro atoms. The third kappa shape index (κ3) is 4.46. The fourth-order valence-corrected chi connectivity index (χ4v) is 7.68. The standard InChI is InChI=1S/C47H27N3O2/c1-2-12-29(13-3-1)45-48-46(32-22-21-28-11-4-5-14-30(28)25-32)50-47(49-45)37-18-10-20-40-44(37)36-24-23-31(26-41(36)52-40)38-27-42-43(34-16-7-6-15-33(34)38)35-17-8-9-19-39(35)51-42/h1-27H. The summed E-state index contributed by atoms with van der Waals surface area (Å²) in [6, 6.07) is 56.3. The summed E-state index contributed by atoms with van der Waals surface area (Å²) >= 11 is 0. The normalized spacial score (nSPS) is 11.8. The highest BCUT2D eigenvalue weighted by Gasteiger charge is 2.20. The van der Waals surface area contributed by atoms with E-state index in [2.05, 4.69) is 109 Å². The monoisotopic (exact) mass is 665 g/mol. The minimum Gasteiger partial charge on any atom is -0.456 e. The van der Waals surface area contributed by atoms with E-state index in [9.17, 15) is 0 Å². The number of hydrogen-bond donors (Lipinski definition) is 0. The van der Waals surface area contributed by atoms with Gasteiger partial charge in [-0.25, -0.2) is 15.0 Å². The molecule has 0 atom stereocenters. The quantitative estimate of drug-likeness (QED) is 0.187. The number of aromatic nitrogens is 3. The zero-order valence-corrected chi connectivity index (χ0v) is 27.7. The Morgan fingerprint density at radius 2 is 0.962 bits per heavy atom. The first-order valence-corrected chi connectivity index (χ1v) is 17.3. The molecule has 0 unspecified atom stereocenters. The largest absolute Gasteiger partial charge is 0.456 e. The first-order chi connectivity index (χ1) is 25.7. The smallest absolute Gasteiger partial charge is 0.164 e. The summed E-state index contributed by atoms with van der Waals surface area (Å²) < 4.78 is 13.0. The second-order valence-corrected chi connectivity index (χ2v) is 13.2. The lowest BCUT2D eigenvalue weighted by molar-refractivity contribution is 0.668. The molecule has 0 saturated heterocycles. The van der Waals surface area contributed by atoms with Gasteiger partial charge in [-0.1, -0.05) is 127 Å². The van der Waals surface area contributed by atoms with E-state index < -0.39 is 0 Å². The van der Waals surface area contributed by atoms with Crippen LogP contribution in [0.15, 0.2) is 173 Å². The van der Waals surface area contributed by atoms with Crippen LogP contribution >= 0.6 is 0 Å². The van der Waals surface area contributed by atoms with E-state index in [0.29, 0.717) is 17.5 Å². The Labute approximate surface area is 297 Å². The second-order valence-electron chi connectivity index (χ2n) is 13.2. The highest BCUT2D eigenvalue weighted by molar-refractivity contribution is 6.22. The van der Waals surface area contributed by atoms with E-state index in [1.54, 1.807) is 0 Å². The van der Waals surface area contributed by atoms with E-state index in [1.807, 2.05) is 54.6 Å². The van der Waals surface area contributed by atoms with Gasteiger partial charge in [-0.15, -0.1) is 0 Å².